The van der Waals surface area contributed by atoms with Crippen molar-refractivity contribution in [3.63, 3.8) is 0 Å². The summed E-state index contributed by atoms with van der Waals surface area (Å²) in [6, 6.07) is 6.51. The zero-order valence-electron chi connectivity index (χ0n) is 15.2. The second-order valence-electron chi connectivity index (χ2n) is 7.85. The van der Waals surface area contributed by atoms with Gasteiger partial charge in [-0.15, -0.1) is 0 Å². The minimum absolute atomic E-state index is 0.0176. The molecule has 1 aromatic rings. The molecule has 2 aliphatic heterocycles. The molecule has 0 aromatic heterocycles. The number of hydrogen-bond donors (Lipinski definition) is 2. The summed E-state index contributed by atoms with van der Waals surface area (Å²) in [5.74, 6) is 0.975. The molecule has 2 heterocycles. The number of carbonyl (C=O) groups is 1. The quantitative estimate of drug-likeness (QED) is 0.892. The first-order valence-electron chi connectivity index (χ1n) is 8.91. The van der Waals surface area contributed by atoms with Gasteiger partial charge in [-0.3, -0.25) is 4.90 Å². The number of amides is 2. The summed E-state index contributed by atoms with van der Waals surface area (Å²) in [4.78, 5) is 14.6. The zero-order chi connectivity index (χ0) is 17.3. The van der Waals surface area contributed by atoms with Crippen LogP contribution in [-0.2, 0) is 6.42 Å². The van der Waals surface area contributed by atoms with Crippen LogP contribution < -0.4 is 15.4 Å². The molecule has 0 bridgehead atoms. The van der Waals surface area contributed by atoms with E-state index >= 15 is 0 Å². The molecule has 1 unspecified atom stereocenters. The van der Waals surface area contributed by atoms with Crippen LogP contribution in [0.25, 0.3) is 0 Å². The summed E-state index contributed by atoms with van der Waals surface area (Å²) < 4.78 is 5.53. The standard InChI is InChI=1S/C19H29N3O2/c1-13(14-5-6-17-15(11-14)8-10-24-17)21-18(23)20-12-16-7-9-22(16)19(2,3)4/h5-6,11,13,16H,7-10,12H2,1-4H3,(H2,20,21,23)/t13-,16?/m1/s1. The van der Waals surface area contributed by atoms with Crippen molar-refractivity contribution in [1.29, 1.82) is 0 Å². The SMILES string of the molecule is C[C@@H](NC(=O)NCC1CCN1C(C)(C)C)c1ccc2c(c1)CCO2. The zero-order valence-corrected chi connectivity index (χ0v) is 15.2. The van der Waals surface area contributed by atoms with Crippen molar-refractivity contribution in [3.8, 4) is 5.75 Å². The number of fused-ring (bicyclic) bond motifs is 1. The van der Waals surface area contributed by atoms with E-state index < -0.39 is 0 Å². The Kier molecular flexibility index (Phi) is 4.72. The van der Waals surface area contributed by atoms with Gasteiger partial charge in [-0.1, -0.05) is 6.07 Å². The van der Waals surface area contributed by atoms with Crippen LogP contribution in [0.2, 0.25) is 0 Å². The van der Waals surface area contributed by atoms with Crippen molar-refractivity contribution in [2.75, 3.05) is 19.7 Å². The Labute approximate surface area is 144 Å². The lowest BCUT2D eigenvalue weighted by atomic mass is 9.93. The first-order chi connectivity index (χ1) is 11.3. The summed E-state index contributed by atoms with van der Waals surface area (Å²) in [5, 5.41) is 6.06. The number of likely N-dealkylation sites (tertiary alicyclic amines) is 1. The molecule has 1 saturated heterocycles. The van der Waals surface area contributed by atoms with Gasteiger partial charge in [0.1, 0.15) is 5.75 Å². The first-order valence-corrected chi connectivity index (χ1v) is 8.91. The summed E-state index contributed by atoms with van der Waals surface area (Å²) in [6.45, 7) is 11.3. The molecular formula is C19H29N3O2. The van der Waals surface area contributed by atoms with E-state index in [1.165, 1.54) is 5.56 Å². The second-order valence-corrected chi connectivity index (χ2v) is 7.85. The fourth-order valence-electron chi connectivity index (χ4n) is 3.55. The van der Waals surface area contributed by atoms with Crippen LogP contribution in [0.15, 0.2) is 18.2 Å². The van der Waals surface area contributed by atoms with Gasteiger partial charge < -0.3 is 15.4 Å². The molecule has 2 N–H and O–H groups in total. The molecule has 5 nitrogen and oxygen atoms in total. The molecule has 5 heteroatoms. The van der Waals surface area contributed by atoms with Crippen LogP contribution in [0.4, 0.5) is 4.79 Å². The number of rotatable bonds is 4. The van der Waals surface area contributed by atoms with Gasteiger partial charge in [-0.05, 0) is 57.4 Å². The van der Waals surface area contributed by atoms with Gasteiger partial charge in [-0.25, -0.2) is 4.79 Å². The number of nitrogens with one attached hydrogen (secondary N) is 2. The van der Waals surface area contributed by atoms with Crippen molar-refractivity contribution in [2.24, 2.45) is 0 Å². The van der Waals surface area contributed by atoms with Gasteiger partial charge in [0.2, 0.25) is 0 Å². The monoisotopic (exact) mass is 331 g/mol. The Bertz CT molecular complexity index is 609. The molecule has 1 fully saturated rings. The average molecular weight is 331 g/mol. The Morgan fingerprint density at radius 3 is 2.88 bits per heavy atom. The maximum absolute atomic E-state index is 12.2. The predicted octanol–water partition coefficient (Wildman–Crippen LogP) is 2.85. The number of ether oxygens (including phenoxy) is 1. The molecule has 3 rings (SSSR count). The number of nitrogens with zero attached hydrogens (tertiary/aromatic N) is 1. The first kappa shape index (κ1) is 17.1. The van der Waals surface area contributed by atoms with E-state index in [9.17, 15) is 4.79 Å². The van der Waals surface area contributed by atoms with Gasteiger partial charge in [0.05, 0.1) is 12.6 Å². The molecule has 0 spiro atoms. The lowest BCUT2D eigenvalue weighted by Gasteiger charge is -2.49. The van der Waals surface area contributed by atoms with E-state index in [1.54, 1.807) is 0 Å². The maximum Gasteiger partial charge on any atom is 0.315 e. The summed E-state index contributed by atoms with van der Waals surface area (Å²) in [6.07, 6.45) is 2.10. The van der Waals surface area contributed by atoms with Crippen molar-refractivity contribution >= 4 is 6.03 Å². The van der Waals surface area contributed by atoms with Crippen LogP contribution in [0.3, 0.4) is 0 Å². The van der Waals surface area contributed by atoms with Crippen LogP contribution >= 0.6 is 0 Å². The lowest BCUT2D eigenvalue weighted by molar-refractivity contribution is 0.00379. The third-order valence-electron chi connectivity index (χ3n) is 5.06. The van der Waals surface area contributed by atoms with Crippen molar-refractivity contribution in [1.82, 2.24) is 15.5 Å². The molecule has 0 radical (unpaired) electrons. The minimum atomic E-state index is -0.0972. The Hall–Kier alpha value is -1.75. The van der Waals surface area contributed by atoms with Gasteiger partial charge >= 0.3 is 6.03 Å². The molecule has 24 heavy (non-hydrogen) atoms. The van der Waals surface area contributed by atoms with Gasteiger partial charge in [0, 0.05) is 31.1 Å². The van der Waals surface area contributed by atoms with E-state index in [1.807, 2.05) is 19.1 Å². The van der Waals surface area contributed by atoms with Crippen LogP contribution in [0.5, 0.6) is 5.75 Å². The molecule has 2 atom stereocenters. The minimum Gasteiger partial charge on any atom is -0.493 e. The predicted molar refractivity (Wildman–Crippen MR) is 95.5 cm³/mol. The molecule has 0 saturated carbocycles. The highest BCUT2D eigenvalue weighted by Gasteiger charge is 2.35. The van der Waals surface area contributed by atoms with E-state index in [4.69, 9.17) is 4.74 Å². The summed E-state index contributed by atoms with van der Waals surface area (Å²) >= 11 is 0. The van der Waals surface area contributed by atoms with E-state index in [0.717, 1.165) is 37.3 Å². The molecule has 2 amide bonds. The van der Waals surface area contributed by atoms with E-state index in [2.05, 4.69) is 42.4 Å². The van der Waals surface area contributed by atoms with Gasteiger partial charge in [0.15, 0.2) is 0 Å². The molecule has 132 valence electrons. The fraction of sp³-hybridized carbons (Fsp3) is 0.632. The topological polar surface area (TPSA) is 53.6 Å². The largest absolute Gasteiger partial charge is 0.493 e. The van der Waals surface area contributed by atoms with Crippen LogP contribution in [0, 0.1) is 0 Å². The molecular weight excluding hydrogens is 302 g/mol. The normalized spacial score (nSPS) is 21.4. The van der Waals surface area contributed by atoms with Gasteiger partial charge in [0.25, 0.3) is 0 Å². The molecule has 1 aromatic carbocycles. The van der Waals surface area contributed by atoms with E-state index in [0.29, 0.717) is 12.6 Å². The average Bonchev–Trinajstić information content (AvgIpc) is 2.91. The smallest absolute Gasteiger partial charge is 0.315 e. The Balaban J connectivity index is 1.48. The number of carbonyl (C=O) groups excluding carboxylic acids is 1. The third kappa shape index (κ3) is 3.66. The van der Waals surface area contributed by atoms with Crippen LogP contribution in [0.1, 0.15) is 51.3 Å². The highest BCUT2D eigenvalue weighted by molar-refractivity contribution is 5.74. The third-order valence-corrected chi connectivity index (χ3v) is 5.06. The number of urea groups is 1. The highest BCUT2D eigenvalue weighted by Crippen LogP contribution is 2.28. The lowest BCUT2D eigenvalue weighted by Crippen LogP contribution is -2.61. The maximum atomic E-state index is 12.2. The number of hydrogen-bond acceptors (Lipinski definition) is 3. The van der Waals surface area contributed by atoms with Crippen LogP contribution in [-0.4, -0.2) is 42.2 Å². The Morgan fingerprint density at radius 1 is 1.42 bits per heavy atom. The fourth-order valence-corrected chi connectivity index (χ4v) is 3.55. The van der Waals surface area contributed by atoms with Gasteiger partial charge in [-0.2, -0.15) is 0 Å². The summed E-state index contributed by atoms with van der Waals surface area (Å²) in [7, 11) is 0. The van der Waals surface area contributed by atoms with Crippen molar-refractivity contribution in [2.45, 2.75) is 58.2 Å². The summed E-state index contributed by atoms with van der Waals surface area (Å²) in [5.41, 5.74) is 2.52. The molecule has 2 aliphatic rings. The van der Waals surface area contributed by atoms with Crippen molar-refractivity contribution < 1.29 is 9.53 Å². The van der Waals surface area contributed by atoms with E-state index in [-0.39, 0.29) is 17.6 Å². The second kappa shape index (κ2) is 6.63. The highest BCUT2D eigenvalue weighted by atomic mass is 16.5. The number of benzene rings is 1. The Morgan fingerprint density at radius 2 is 2.21 bits per heavy atom. The molecule has 0 aliphatic carbocycles. The van der Waals surface area contributed by atoms with Crippen molar-refractivity contribution in [3.05, 3.63) is 29.3 Å².